The van der Waals surface area contributed by atoms with Crippen LogP contribution >= 0.6 is 35.7 Å². The number of nitrogens with zero attached hydrogens (tertiary/aromatic N) is 2. The Labute approximate surface area is 188 Å². The minimum atomic E-state index is -3.23. The molecule has 1 aromatic carbocycles. The van der Waals surface area contributed by atoms with Crippen LogP contribution in [0.4, 0.5) is 0 Å². The fourth-order valence-electron chi connectivity index (χ4n) is 2.65. The first kappa shape index (κ1) is 25.1. The highest BCUT2D eigenvalue weighted by molar-refractivity contribution is 14.0. The van der Waals surface area contributed by atoms with Crippen LogP contribution in [0.5, 0.6) is 11.5 Å². The van der Waals surface area contributed by atoms with Gasteiger partial charge in [0, 0.05) is 44.7 Å². The van der Waals surface area contributed by atoms with Crippen molar-refractivity contribution >= 4 is 51.7 Å². The lowest BCUT2D eigenvalue weighted by Gasteiger charge is -2.25. The summed E-state index contributed by atoms with van der Waals surface area (Å²) in [7, 11) is 1.62. The lowest BCUT2D eigenvalue weighted by atomic mass is 10.2. The van der Waals surface area contributed by atoms with Gasteiger partial charge in [0.2, 0.25) is 10.0 Å². The van der Waals surface area contributed by atoms with Crippen LogP contribution in [-0.4, -0.2) is 76.8 Å². The summed E-state index contributed by atoms with van der Waals surface area (Å²) in [6.07, 6.45) is 0. The maximum absolute atomic E-state index is 12.4. The molecule has 1 saturated heterocycles. The van der Waals surface area contributed by atoms with Crippen LogP contribution in [0.25, 0.3) is 0 Å². The Bertz CT molecular complexity index is 741. The second-order valence-corrected chi connectivity index (χ2v) is 9.18. The number of rotatable bonds is 8. The molecule has 0 aromatic heterocycles. The van der Waals surface area contributed by atoms with Crippen molar-refractivity contribution in [2.75, 3.05) is 58.2 Å². The standard InChI is InChI=1S/C17H28N4O4S2.HI/c1-18-17(19-6-11-27(22,23)21-7-9-26-10-8-21)20-13-14-4-5-15(24-2)16(12-14)25-3;/h4-5,12H,6-11,13H2,1-3H3,(H2,18,19,20);1H. The molecule has 160 valence electrons. The molecule has 0 unspecified atom stereocenters. The van der Waals surface area contributed by atoms with Gasteiger partial charge in [-0.1, -0.05) is 6.07 Å². The minimum Gasteiger partial charge on any atom is -0.493 e. The number of ether oxygens (including phenoxy) is 2. The molecule has 0 saturated carbocycles. The van der Waals surface area contributed by atoms with Crippen LogP contribution < -0.4 is 20.1 Å². The molecule has 8 nitrogen and oxygen atoms in total. The van der Waals surface area contributed by atoms with E-state index >= 15 is 0 Å². The fraction of sp³-hybridized carbons (Fsp3) is 0.588. The van der Waals surface area contributed by atoms with Crippen LogP contribution in [0.2, 0.25) is 0 Å². The second kappa shape index (κ2) is 12.6. The van der Waals surface area contributed by atoms with Gasteiger partial charge < -0.3 is 20.1 Å². The van der Waals surface area contributed by atoms with E-state index in [-0.39, 0.29) is 29.7 Å². The molecule has 0 aliphatic carbocycles. The lowest BCUT2D eigenvalue weighted by Crippen LogP contribution is -2.44. The molecule has 0 spiro atoms. The molecule has 2 N–H and O–H groups in total. The van der Waals surface area contributed by atoms with Gasteiger partial charge in [-0.05, 0) is 17.7 Å². The fourth-order valence-corrected chi connectivity index (χ4v) is 5.14. The number of nitrogens with one attached hydrogen (secondary N) is 2. The molecule has 1 aliphatic heterocycles. The molecule has 28 heavy (non-hydrogen) atoms. The van der Waals surface area contributed by atoms with Gasteiger partial charge in [-0.25, -0.2) is 12.7 Å². The zero-order chi connectivity index (χ0) is 19.7. The van der Waals surface area contributed by atoms with Crippen molar-refractivity contribution in [1.82, 2.24) is 14.9 Å². The molecular formula is C17H29IN4O4S2. The van der Waals surface area contributed by atoms with E-state index in [0.717, 1.165) is 17.1 Å². The predicted molar refractivity (Wildman–Crippen MR) is 126 cm³/mol. The topological polar surface area (TPSA) is 92.3 Å². The van der Waals surface area contributed by atoms with Crippen LogP contribution in [0.3, 0.4) is 0 Å². The van der Waals surface area contributed by atoms with Gasteiger partial charge in [0.15, 0.2) is 17.5 Å². The summed E-state index contributed by atoms with van der Waals surface area (Å²) in [5.74, 6) is 3.65. The Hall–Kier alpha value is -0.920. The van der Waals surface area contributed by atoms with Gasteiger partial charge in [0.05, 0.1) is 20.0 Å². The molecule has 0 amide bonds. The first-order valence-electron chi connectivity index (χ1n) is 8.71. The average Bonchev–Trinajstić information content (AvgIpc) is 2.70. The van der Waals surface area contributed by atoms with Crippen LogP contribution in [0.1, 0.15) is 5.56 Å². The molecule has 11 heteroatoms. The largest absolute Gasteiger partial charge is 0.493 e. The van der Waals surface area contributed by atoms with Crippen molar-refractivity contribution in [3.05, 3.63) is 23.8 Å². The maximum atomic E-state index is 12.4. The summed E-state index contributed by atoms with van der Waals surface area (Å²) in [6.45, 7) is 2.02. The molecule has 1 fully saturated rings. The van der Waals surface area contributed by atoms with Gasteiger partial charge in [-0.15, -0.1) is 24.0 Å². The highest BCUT2D eigenvalue weighted by Crippen LogP contribution is 2.27. The number of sulfonamides is 1. The van der Waals surface area contributed by atoms with Crippen molar-refractivity contribution in [2.45, 2.75) is 6.54 Å². The maximum Gasteiger partial charge on any atom is 0.215 e. The number of benzene rings is 1. The normalized spacial score (nSPS) is 15.5. The van der Waals surface area contributed by atoms with Crippen molar-refractivity contribution < 1.29 is 17.9 Å². The van der Waals surface area contributed by atoms with Crippen LogP contribution in [-0.2, 0) is 16.6 Å². The van der Waals surface area contributed by atoms with E-state index in [1.807, 2.05) is 18.2 Å². The van der Waals surface area contributed by atoms with Gasteiger partial charge in [0.25, 0.3) is 0 Å². The second-order valence-electron chi connectivity index (χ2n) is 5.87. The first-order valence-corrected chi connectivity index (χ1v) is 11.5. The Morgan fingerprint density at radius 2 is 1.86 bits per heavy atom. The van der Waals surface area contributed by atoms with Crippen LogP contribution in [0.15, 0.2) is 23.2 Å². The van der Waals surface area contributed by atoms with Crippen molar-refractivity contribution in [3.8, 4) is 11.5 Å². The van der Waals surface area contributed by atoms with E-state index in [2.05, 4.69) is 15.6 Å². The summed E-state index contributed by atoms with van der Waals surface area (Å²) in [5.41, 5.74) is 0.994. The van der Waals surface area contributed by atoms with E-state index in [9.17, 15) is 8.42 Å². The number of hydrogen-bond acceptors (Lipinski definition) is 6. The third kappa shape index (κ3) is 7.48. The third-order valence-electron chi connectivity index (χ3n) is 4.15. The number of methoxy groups -OCH3 is 2. The van der Waals surface area contributed by atoms with Gasteiger partial charge in [-0.3, -0.25) is 4.99 Å². The van der Waals surface area contributed by atoms with Gasteiger partial charge in [-0.2, -0.15) is 11.8 Å². The zero-order valence-corrected chi connectivity index (χ0v) is 20.4. The highest BCUT2D eigenvalue weighted by Gasteiger charge is 2.23. The molecule has 1 aliphatic rings. The molecule has 1 heterocycles. The summed E-state index contributed by atoms with van der Waals surface area (Å²) in [5, 5.41) is 6.23. The van der Waals surface area contributed by atoms with E-state index in [4.69, 9.17) is 9.47 Å². The molecular weight excluding hydrogens is 515 g/mol. The van der Waals surface area contributed by atoms with Crippen molar-refractivity contribution in [1.29, 1.82) is 0 Å². The minimum absolute atomic E-state index is 0. The van der Waals surface area contributed by atoms with Gasteiger partial charge >= 0.3 is 0 Å². The van der Waals surface area contributed by atoms with E-state index in [1.54, 1.807) is 37.3 Å². The highest BCUT2D eigenvalue weighted by atomic mass is 127. The Morgan fingerprint density at radius 1 is 1.18 bits per heavy atom. The average molecular weight is 544 g/mol. The quantitative estimate of drug-likeness (QED) is 0.290. The summed E-state index contributed by atoms with van der Waals surface area (Å²) < 4.78 is 36.8. The Balaban J connectivity index is 0.00000392. The predicted octanol–water partition coefficient (Wildman–Crippen LogP) is 1.37. The third-order valence-corrected chi connectivity index (χ3v) is 6.96. The lowest BCUT2D eigenvalue weighted by molar-refractivity contribution is 0.354. The van der Waals surface area contributed by atoms with E-state index < -0.39 is 10.0 Å². The first-order chi connectivity index (χ1) is 13.0. The molecule has 0 radical (unpaired) electrons. The SMILES string of the molecule is CN=C(NCCS(=O)(=O)N1CCSCC1)NCc1ccc(OC)c(OC)c1.I. The summed E-state index contributed by atoms with van der Waals surface area (Å²) in [6, 6.07) is 5.66. The molecule has 1 aromatic rings. The number of thioether (sulfide) groups is 1. The zero-order valence-electron chi connectivity index (χ0n) is 16.4. The molecule has 0 atom stereocenters. The number of hydrogen-bond donors (Lipinski definition) is 2. The smallest absolute Gasteiger partial charge is 0.215 e. The molecule has 0 bridgehead atoms. The number of aliphatic imine (C=N–C) groups is 1. The molecule has 2 rings (SSSR count). The van der Waals surface area contributed by atoms with Crippen molar-refractivity contribution in [2.24, 2.45) is 4.99 Å². The summed E-state index contributed by atoms with van der Waals surface area (Å²) >= 11 is 1.79. The van der Waals surface area contributed by atoms with Gasteiger partial charge in [0.1, 0.15) is 0 Å². The number of guanidine groups is 1. The van der Waals surface area contributed by atoms with Crippen molar-refractivity contribution in [3.63, 3.8) is 0 Å². The monoisotopic (exact) mass is 544 g/mol. The Morgan fingerprint density at radius 3 is 2.46 bits per heavy atom. The van der Waals surface area contributed by atoms with Crippen LogP contribution in [0, 0.1) is 0 Å². The summed E-state index contributed by atoms with van der Waals surface area (Å²) in [4.78, 5) is 4.14. The Kier molecular flexibility index (Phi) is 11.3. The van der Waals surface area contributed by atoms with E-state index in [1.165, 1.54) is 0 Å². The van der Waals surface area contributed by atoms with E-state index in [0.29, 0.717) is 43.6 Å². The number of halogens is 1.